The Hall–Kier alpha value is -6.25. The van der Waals surface area contributed by atoms with Crippen LogP contribution in [0.3, 0.4) is 0 Å². The van der Waals surface area contributed by atoms with E-state index >= 15 is 0 Å². The molecule has 2 fully saturated rings. The Morgan fingerprint density at radius 3 is 1.60 bits per heavy atom. The molecule has 4 aromatic carbocycles. The first kappa shape index (κ1) is 41.9. The van der Waals surface area contributed by atoms with Crippen LogP contribution in [0.1, 0.15) is 35.1 Å². The quantitative estimate of drug-likeness (QED) is 0.138. The van der Waals surface area contributed by atoms with Crippen molar-refractivity contribution in [3.05, 3.63) is 131 Å². The van der Waals surface area contributed by atoms with Gasteiger partial charge in [-0.1, -0.05) is 60.7 Å². The van der Waals surface area contributed by atoms with Crippen LogP contribution in [0, 0.1) is 34.5 Å². The number of ether oxygens (including phenoxy) is 4. The molecule has 4 aromatic rings. The van der Waals surface area contributed by atoms with E-state index in [9.17, 15) is 10.5 Å². The Morgan fingerprint density at radius 2 is 1.13 bits per heavy atom. The third kappa shape index (κ3) is 9.14. The van der Waals surface area contributed by atoms with Gasteiger partial charge in [0.25, 0.3) is 0 Å². The van der Waals surface area contributed by atoms with Crippen molar-refractivity contribution in [2.75, 3.05) is 41.2 Å². The van der Waals surface area contributed by atoms with Crippen LogP contribution in [0.25, 0.3) is 11.4 Å². The zero-order valence-corrected chi connectivity index (χ0v) is 35.4. The Bertz CT molecular complexity index is 2340. The number of thioether (sulfide) groups is 1. The van der Waals surface area contributed by atoms with Crippen molar-refractivity contribution in [3.63, 3.8) is 0 Å². The molecule has 12 nitrogen and oxygen atoms in total. The van der Waals surface area contributed by atoms with Gasteiger partial charge in [-0.15, -0.1) is 11.8 Å². The lowest BCUT2D eigenvalue weighted by Gasteiger charge is -2.31. The Labute approximate surface area is 356 Å². The van der Waals surface area contributed by atoms with Gasteiger partial charge in [0.2, 0.25) is 0 Å². The van der Waals surface area contributed by atoms with Crippen LogP contribution >= 0.6 is 11.8 Å². The van der Waals surface area contributed by atoms with E-state index in [2.05, 4.69) is 83.7 Å². The summed E-state index contributed by atoms with van der Waals surface area (Å²) in [5.74, 6) is 2.28. The van der Waals surface area contributed by atoms with Crippen molar-refractivity contribution in [2.24, 2.45) is 21.8 Å². The molecule has 0 saturated carbocycles. The van der Waals surface area contributed by atoms with E-state index in [0.29, 0.717) is 29.5 Å². The largest absolute Gasteiger partial charge is 0.493 e. The summed E-state index contributed by atoms with van der Waals surface area (Å²) in [5, 5.41) is 23.4. The van der Waals surface area contributed by atoms with Gasteiger partial charge in [-0.2, -0.15) is 10.5 Å². The van der Waals surface area contributed by atoms with Crippen molar-refractivity contribution in [1.29, 1.82) is 10.5 Å². The van der Waals surface area contributed by atoms with E-state index in [-0.39, 0.29) is 29.5 Å². The van der Waals surface area contributed by atoms with Crippen LogP contribution in [0.4, 0.5) is 0 Å². The van der Waals surface area contributed by atoms with Crippen LogP contribution in [0.15, 0.2) is 119 Å². The molecular formula is C47H50N8O4S. The summed E-state index contributed by atoms with van der Waals surface area (Å²) in [5.41, 5.74) is 15.3. The van der Waals surface area contributed by atoms with Crippen molar-refractivity contribution in [3.8, 4) is 35.1 Å². The van der Waals surface area contributed by atoms with E-state index in [1.807, 2.05) is 64.8 Å². The van der Waals surface area contributed by atoms with Crippen molar-refractivity contribution >= 4 is 34.6 Å². The van der Waals surface area contributed by atoms with Gasteiger partial charge in [0.1, 0.15) is 11.8 Å². The second kappa shape index (κ2) is 19.7. The van der Waals surface area contributed by atoms with E-state index in [4.69, 9.17) is 28.9 Å². The summed E-state index contributed by atoms with van der Waals surface area (Å²) in [4.78, 5) is 9.86. The molecule has 0 aliphatic carbocycles. The molecule has 0 amide bonds. The average molecular weight is 823 g/mol. The summed E-state index contributed by atoms with van der Waals surface area (Å²) < 4.78 is 21.8. The number of aryl methyl sites for hydroxylation is 2. The normalized spacial score (nSPS) is 21.4. The second-order valence-corrected chi connectivity index (χ2v) is 15.5. The third-order valence-corrected chi connectivity index (χ3v) is 11.9. The van der Waals surface area contributed by atoms with E-state index in [1.54, 1.807) is 40.2 Å². The zero-order valence-electron chi connectivity index (χ0n) is 34.5. The van der Waals surface area contributed by atoms with E-state index in [0.717, 1.165) is 59.6 Å². The topological polar surface area (TPSA) is 140 Å². The molecule has 4 heterocycles. The highest BCUT2D eigenvalue weighted by atomic mass is 32.2. The lowest BCUT2D eigenvalue weighted by Crippen LogP contribution is -2.39. The van der Waals surface area contributed by atoms with Gasteiger partial charge >= 0.3 is 0 Å². The van der Waals surface area contributed by atoms with Crippen LogP contribution in [0.5, 0.6) is 23.0 Å². The fourth-order valence-electron chi connectivity index (χ4n) is 7.77. The highest BCUT2D eigenvalue weighted by molar-refractivity contribution is 7.99. The molecule has 13 heteroatoms. The number of fused-ring (bicyclic) bond motifs is 2. The number of nitrogens with one attached hydrogen (secondary N) is 2. The molecule has 0 aromatic heterocycles. The van der Waals surface area contributed by atoms with Gasteiger partial charge in [0.05, 0.1) is 57.3 Å². The summed E-state index contributed by atoms with van der Waals surface area (Å²) in [6.45, 7) is 0.585. The van der Waals surface area contributed by atoms with Gasteiger partial charge in [-0.3, -0.25) is 20.0 Å². The molecule has 0 spiro atoms. The molecule has 308 valence electrons. The van der Waals surface area contributed by atoms with Crippen LogP contribution in [-0.4, -0.2) is 80.4 Å². The molecule has 2 N–H and O–H groups in total. The Morgan fingerprint density at radius 1 is 0.633 bits per heavy atom. The fourth-order valence-corrected chi connectivity index (χ4v) is 8.48. The van der Waals surface area contributed by atoms with Gasteiger partial charge in [-0.25, -0.2) is 10.9 Å². The number of nitriles is 2. The van der Waals surface area contributed by atoms with Gasteiger partial charge < -0.3 is 18.9 Å². The van der Waals surface area contributed by atoms with Gasteiger partial charge in [0.15, 0.2) is 35.3 Å². The number of rotatable bonds is 13. The SMILES string of the molecule is COc1ccc(C2=CC(CCc3ccccc3)=NC3C(C#N)C(SC)NN23)cc1OC.COc1ccc(C2=CC(CCc3ccccc3)=NC3C(C#N)CNN23)cc1OC. The smallest absolute Gasteiger partial charge is 0.161 e. The fraction of sp³-hybridized carbons (Fsp3) is 0.319. The van der Waals surface area contributed by atoms with Crippen molar-refractivity contribution in [1.82, 2.24) is 20.9 Å². The molecule has 0 bridgehead atoms. The molecule has 60 heavy (non-hydrogen) atoms. The lowest BCUT2D eigenvalue weighted by molar-refractivity contribution is 0.285. The number of allylic oxidation sites excluding steroid dienone is 2. The highest BCUT2D eigenvalue weighted by Crippen LogP contribution is 2.40. The molecule has 8 rings (SSSR count). The number of aliphatic imine (C=N–C) groups is 2. The van der Waals surface area contributed by atoms with E-state index < -0.39 is 0 Å². The first-order chi connectivity index (χ1) is 29.4. The number of hydrazine groups is 2. The maximum Gasteiger partial charge on any atom is 0.161 e. The van der Waals surface area contributed by atoms with Crippen LogP contribution in [-0.2, 0) is 12.8 Å². The first-order valence-electron chi connectivity index (χ1n) is 19.9. The van der Waals surface area contributed by atoms with Crippen molar-refractivity contribution in [2.45, 2.75) is 43.4 Å². The number of methoxy groups -OCH3 is 4. The Kier molecular flexibility index (Phi) is 13.7. The summed E-state index contributed by atoms with van der Waals surface area (Å²) in [6.07, 6.45) is 9.20. The number of hydrogen-bond acceptors (Lipinski definition) is 13. The monoisotopic (exact) mass is 822 g/mol. The summed E-state index contributed by atoms with van der Waals surface area (Å²) in [6, 6.07) is 37.4. The standard InChI is InChI=1S/C24H26N4O2S.C23H24N4O2/c1-29-21-12-10-17(13-22(21)30-2)20-14-18(11-9-16-7-5-4-6-8-16)26-23-19(15-25)24(31-3)27-28(20)23;1-28-21-11-9-17(12-22(21)29-2)20-13-19(10-8-16-6-4-3-5-7-16)26-23-18(14-24)15-25-27(20)23/h4-8,10,12-14,19,23-24,27H,9,11H2,1-3H3;3-7,9,11-13,18,23,25H,8,10,15H2,1-2H3. The Balaban J connectivity index is 0.000000182. The summed E-state index contributed by atoms with van der Waals surface area (Å²) in [7, 11) is 6.52. The molecule has 4 aliphatic heterocycles. The zero-order chi connectivity index (χ0) is 42.0. The molecule has 4 aliphatic rings. The third-order valence-electron chi connectivity index (χ3n) is 11.0. The minimum absolute atomic E-state index is 0.0178. The highest BCUT2D eigenvalue weighted by Gasteiger charge is 2.44. The molecule has 5 atom stereocenters. The predicted molar refractivity (Wildman–Crippen MR) is 237 cm³/mol. The van der Waals surface area contributed by atoms with Crippen LogP contribution < -0.4 is 29.8 Å². The molecule has 5 unspecified atom stereocenters. The number of nitrogens with zero attached hydrogens (tertiary/aromatic N) is 6. The maximum atomic E-state index is 9.85. The first-order valence-corrected chi connectivity index (χ1v) is 21.2. The maximum absolute atomic E-state index is 9.85. The van der Waals surface area contributed by atoms with E-state index in [1.165, 1.54) is 11.1 Å². The average Bonchev–Trinajstić information content (AvgIpc) is 3.90. The minimum atomic E-state index is -0.263. The van der Waals surface area contributed by atoms with Crippen LogP contribution in [0.2, 0.25) is 0 Å². The van der Waals surface area contributed by atoms with Gasteiger partial charge in [0, 0.05) is 29.1 Å². The van der Waals surface area contributed by atoms with Gasteiger partial charge in [-0.05, 0) is 91.6 Å². The second-order valence-electron chi connectivity index (χ2n) is 14.5. The van der Waals surface area contributed by atoms with Crippen molar-refractivity contribution < 1.29 is 18.9 Å². The summed E-state index contributed by atoms with van der Waals surface area (Å²) >= 11 is 1.64. The lowest BCUT2D eigenvalue weighted by atomic mass is 10.0. The number of benzene rings is 4. The predicted octanol–water partition coefficient (Wildman–Crippen LogP) is 7.53. The molecule has 2 saturated heterocycles. The minimum Gasteiger partial charge on any atom is -0.493 e. The molecule has 0 radical (unpaired) electrons. The molecular weight excluding hydrogens is 773 g/mol. The number of hydrogen-bond donors (Lipinski definition) is 2.